The van der Waals surface area contributed by atoms with Gasteiger partial charge in [-0.05, 0) is 90.6 Å². The molecule has 4 unspecified atom stereocenters. The van der Waals surface area contributed by atoms with Crippen molar-refractivity contribution in [2.45, 2.75) is 126 Å². The van der Waals surface area contributed by atoms with Crippen LogP contribution in [-0.4, -0.2) is 150 Å². The first-order valence-corrected chi connectivity index (χ1v) is 25.7. The van der Waals surface area contributed by atoms with Crippen LogP contribution in [0.3, 0.4) is 0 Å². The molecule has 0 spiro atoms. The second-order valence-electron chi connectivity index (χ2n) is 16.0. The molecule has 1 aliphatic rings. The van der Waals surface area contributed by atoms with Crippen molar-refractivity contribution < 1.29 is 64.7 Å². The number of benzene rings is 3. The number of anilines is 2. The summed E-state index contributed by atoms with van der Waals surface area (Å²) in [5, 5.41) is 80.3. The van der Waals surface area contributed by atoms with Crippen molar-refractivity contribution in [1.29, 1.82) is 0 Å². The monoisotopic (exact) mass is 964 g/mol. The normalized spacial score (nSPS) is 20.2. The smallest absolute Gasteiger partial charge is 0.187 e. The van der Waals surface area contributed by atoms with Gasteiger partial charge in [-0.25, -0.2) is 0 Å². The Morgan fingerprint density at radius 2 is 1.14 bits per heavy atom. The van der Waals surface area contributed by atoms with E-state index in [9.17, 15) is 55.2 Å². The number of hydrogen-bond donors (Lipinski definition) is 10. The quantitative estimate of drug-likeness (QED) is 0.0272. The fourth-order valence-electron chi connectivity index (χ4n) is 6.98. The highest BCUT2D eigenvalue weighted by molar-refractivity contribution is 8.76. The number of ether oxygens (including phenoxy) is 2. The molecule has 65 heavy (non-hydrogen) atoms. The van der Waals surface area contributed by atoms with Gasteiger partial charge in [-0.15, -0.1) is 0 Å². The lowest BCUT2D eigenvalue weighted by atomic mass is 9.95. The van der Waals surface area contributed by atoms with Crippen LogP contribution < -0.4 is 11.5 Å². The van der Waals surface area contributed by atoms with Crippen molar-refractivity contribution >= 4 is 62.1 Å². The molecule has 3 aromatic rings. The van der Waals surface area contributed by atoms with E-state index in [-0.39, 0.29) is 23.8 Å². The first-order chi connectivity index (χ1) is 31.1. The van der Waals surface area contributed by atoms with Gasteiger partial charge in [0, 0.05) is 61.4 Å². The molecule has 0 aromatic heterocycles. The van der Waals surface area contributed by atoms with Crippen LogP contribution in [0.5, 0.6) is 0 Å². The molecule has 1 heterocycles. The van der Waals surface area contributed by atoms with Gasteiger partial charge < -0.3 is 61.8 Å². The topological polar surface area (TPSA) is 284 Å². The van der Waals surface area contributed by atoms with Gasteiger partial charge in [-0.2, -0.15) is 11.8 Å². The number of carbonyl (C=O) groups is 3. The largest absolute Gasteiger partial charge is 0.399 e. The minimum Gasteiger partial charge on any atom is -0.399 e. The van der Waals surface area contributed by atoms with E-state index in [0.29, 0.717) is 56.3 Å². The highest BCUT2D eigenvalue weighted by atomic mass is 33.1. The Hall–Kier alpha value is -3.08. The highest BCUT2D eigenvalue weighted by Gasteiger charge is 2.46. The van der Waals surface area contributed by atoms with Gasteiger partial charge in [-0.1, -0.05) is 70.1 Å². The standard InChI is InChI=1S/C25H40O11S.C22H28N2O2S2/c1-37-9-3-6-16(28)11-15-5-2-4-14(10-15)7-8-17(29)20(31)24(18(30)12-26)36-25-23(34)22(33)21(32)19(13-27)35-25;23-19-7-1-5-17(13-19)15-21(25)9-3-11-27-28-12-4-10-22(26)16-18-6-2-8-20(24)14-18/h2,4-5,10,17-27,29-34H,3,6-9,11-13H2,1H3;1-2,5-8,13-14H,3-4,9-12,15-16,23-24H2/t17?,18?,19?,20-,21+,22+,23?,24-,25-;/m0./s1. The van der Waals surface area contributed by atoms with E-state index in [1.165, 1.54) is 0 Å². The number of aliphatic hydroxyl groups is 8. The zero-order valence-electron chi connectivity index (χ0n) is 36.9. The Morgan fingerprint density at radius 3 is 1.62 bits per heavy atom. The Balaban J connectivity index is 0.000000359. The van der Waals surface area contributed by atoms with Crippen molar-refractivity contribution in [3.63, 3.8) is 0 Å². The average Bonchev–Trinajstić information content (AvgIpc) is 3.28. The second kappa shape index (κ2) is 31.1. The van der Waals surface area contributed by atoms with Crippen LogP contribution in [0.4, 0.5) is 11.4 Å². The lowest BCUT2D eigenvalue weighted by Crippen LogP contribution is -2.61. The second-order valence-corrected chi connectivity index (χ2v) is 19.7. The molecule has 362 valence electrons. The molecule has 0 amide bonds. The van der Waals surface area contributed by atoms with E-state index in [1.807, 2.05) is 79.1 Å². The lowest BCUT2D eigenvalue weighted by Gasteiger charge is -2.42. The van der Waals surface area contributed by atoms with E-state index in [4.69, 9.17) is 20.9 Å². The fraction of sp³-hybridized carbons (Fsp3) is 0.553. The number of ketones is 3. The first-order valence-electron chi connectivity index (χ1n) is 21.8. The Morgan fingerprint density at radius 1 is 0.662 bits per heavy atom. The average molecular weight is 965 g/mol. The SMILES string of the molecule is CSCCCC(=O)Cc1cccc(CCC(O)[C@H](O)[C@@H](O[C@@H]2OC(CO)[C@@H](O)[C@@H](O)C2O)C(O)CO)c1.Nc1cccc(CC(=O)CCCSSCCCC(=O)Cc2cccc(N)c2)c1. The first kappa shape index (κ1) is 56.2. The van der Waals surface area contributed by atoms with E-state index in [1.54, 1.807) is 33.3 Å². The molecule has 3 aromatic carbocycles. The summed E-state index contributed by atoms with van der Waals surface area (Å²) in [6.07, 6.45) is -6.68. The molecular formula is C47H68N2O13S3. The number of rotatable bonds is 29. The predicted octanol–water partition coefficient (Wildman–Crippen LogP) is 2.85. The molecule has 18 heteroatoms. The molecule has 0 aliphatic carbocycles. The molecule has 1 aliphatic heterocycles. The summed E-state index contributed by atoms with van der Waals surface area (Å²) in [7, 11) is 3.56. The molecule has 0 radical (unpaired) electrons. The fourth-order valence-corrected chi connectivity index (χ4v) is 9.59. The molecule has 4 rings (SSSR count). The minimum absolute atomic E-state index is 0.0407. The highest BCUT2D eigenvalue weighted by Crippen LogP contribution is 2.27. The van der Waals surface area contributed by atoms with Crippen LogP contribution in [0.1, 0.15) is 67.2 Å². The summed E-state index contributed by atoms with van der Waals surface area (Å²) in [5.41, 5.74) is 16.5. The van der Waals surface area contributed by atoms with Gasteiger partial charge in [0.25, 0.3) is 0 Å². The molecule has 0 saturated carbocycles. The molecule has 1 fully saturated rings. The third-order valence-corrected chi connectivity index (χ3v) is 13.8. The zero-order valence-corrected chi connectivity index (χ0v) is 39.4. The van der Waals surface area contributed by atoms with Gasteiger partial charge in [0.1, 0.15) is 60.1 Å². The summed E-state index contributed by atoms with van der Waals surface area (Å²) in [6.45, 7) is -1.55. The Bertz CT molecular complexity index is 1790. The van der Waals surface area contributed by atoms with E-state index >= 15 is 0 Å². The summed E-state index contributed by atoms with van der Waals surface area (Å²) < 4.78 is 10.7. The third kappa shape index (κ3) is 21.2. The summed E-state index contributed by atoms with van der Waals surface area (Å²) >= 11 is 1.69. The maximum Gasteiger partial charge on any atom is 0.187 e. The number of Topliss-reactive ketones (excluding diaryl/α,β-unsaturated/α-hetero) is 3. The van der Waals surface area contributed by atoms with Crippen molar-refractivity contribution in [2.75, 3.05) is 48.2 Å². The van der Waals surface area contributed by atoms with Crippen LogP contribution >= 0.6 is 33.3 Å². The van der Waals surface area contributed by atoms with Crippen LogP contribution in [-0.2, 0) is 49.5 Å². The summed E-state index contributed by atoms with van der Waals surface area (Å²) in [4.78, 5) is 36.2. The van der Waals surface area contributed by atoms with Crippen LogP contribution in [0.2, 0.25) is 0 Å². The van der Waals surface area contributed by atoms with Crippen molar-refractivity contribution in [2.24, 2.45) is 0 Å². The third-order valence-electron chi connectivity index (χ3n) is 10.5. The summed E-state index contributed by atoms with van der Waals surface area (Å²) in [6, 6.07) is 22.3. The Kier molecular flexibility index (Phi) is 26.9. The number of hydrogen-bond acceptors (Lipinski definition) is 18. The zero-order chi connectivity index (χ0) is 47.7. The minimum atomic E-state index is -1.79. The van der Waals surface area contributed by atoms with Gasteiger partial charge in [0.15, 0.2) is 6.29 Å². The van der Waals surface area contributed by atoms with Crippen molar-refractivity contribution in [3.05, 3.63) is 95.1 Å². The van der Waals surface area contributed by atoms with E-state index in [2.05, 4.69) is 0 Å². The number of nitrogen functional groups attached to an aromatic ring is 2. The van der Waals surface area contributed by atoms with Crippen molar-refractivity contribution in [3.8, 4) is 0 Å². The van der Waals surface area contributed by atoms with E-state index < -0.39 is 68.3 Å². The van der Waals surface area contributed by atoms with Crippen molar-refractivity contribution in [1.82, 2.24) is 0 Å². The van der Waals surface area contributed by atoms with Gasteiger partial charge in [0.2, 0.25) is 0 Å². The van der Waals surface area contributed by atoms with Crippen LogP contribution in [0.15, 0.2) is 72.8 Å². The Labute approximate surface area is 394 Å². The maximum absolute atomic E-state index is 12.2. The number of carbonyl (C=O) groups excluding carboxylic acids is 3. The molecule has 12 N–H and O–H groups in total. The lowest BCUT2D eigenvalue weighted by molar-refractivity contribution is -0.327. The molecule has 1 saturated heterocycles. The molecule has 9 atom stereocenters. The van der Waals surface area contributed by atoms with Crippen LogP contribution in [0, 0.1) is 0 Å². The maximum atomic E-state index is 12.2. The van der Waals surface area contributed by atoms with Gasteiger partial charge in [0.05, 0.1) is 19.3 Å². The van der Waals surface area contributed by atoms with Gasteiger partial charge >= 0.3 is 0 Å². The van der Waals surface area contributed by atoms with Gasteiger partial charge in [-0.3, -0.25) is 14.4 Å². The molecular weight excluding hydrogens is 897 g/mol. The molecule has 0 bridgehead atoms. The number of aryl methyl sites for hydroxylation is 1. The summed E-state index contributed by atoms with van der Waals surface area (Å²) in [5.74, 6) is 3.48. The number of aliphatic hydroxyl groups excluding tert-OH is 8. The molecule has 15 nitrogen and oxygen atoms in total. The van der Waals surface area contributed by atoms with Crippen LogP contribution in [0.25, 0.3) is 0 Å². The predicted molar refractivity (Wildman–Crippen MR) is 257 cm³/mol. The number of nitrogens with two attached hydrogens (primary N) is 2. The number of thioether (sulfide) groups is 1. The van der Waals surface area contributed by atoms with E-state index in [0.717, 1.165) is 58.8 Å².